The van der Waals surface area contributed by atoms with E-state index < -0.39 is 5.91 Å². The van der Waals surface area contributed by atoms with E-state index in [1.807, 2.05) is 22.6 Å². The molecule has 4 rings (SSSR count). The first kappa shape index (κ1) is 14.1. The van der Waals surface area contributed by atoms with E-state index >= 15 is 0 Å². The van der Waals surface area contributed by atoms with Gasteiger partial charge in [-0.15, -0.1) is 15.3 Å². The molecule has 9 heteroatoms. The molecule has 3 aromatic heterocycles. The van der Waals surface area contributed by atoms with Crippen LogP contribution in [-0.2, 0) is 4.79 Å². The molecular weight excluding hydrogens is 314 g/mol. The van der Waals surface area contributed by atoms with E-state index in [0.29, 0.717) is 10.9 Å². The van der Waals surface area contributed by atoms with Gasteiger partial charge in [-0.05, 0) is 26.0 Å². The molecule has 0 unspecified atom stereocenters. The SMILES string of the molecule is CC(C)n1c2ccccc2n2c1nn1c(SCC(N)=O)nnc12. The van der Waals surface area contributed by atoms with Gasteiger partial charge in [0.15, 0.2) is 0 Å². The van der Waals surface area contributed by atoms with Gasteiger partial charge in [0.2, 0.25) is 16.8 Å². The normalized spacial score (nSPS) is 12.1. The zero-order valence-corrected chi connectivity index (χ0v) is 13.5. The number of aromatic nitrogens is 6. The van der Waals surface area contributed by atoms with Gasteiger partial charge in [-0.3, -0.25) is 4.79 Å². The van der Waals surface area contributed by atoms with Crippen molar-refractivity contribution in [2.75, 3.05) is 5.75 Å². The Morgan fingerprint density at radius 2 is 1.96 bits per heavy atom. The van der Waals surface area contributed by atoms with Crippen molar-refractivity contribution in [1.29, 1.82) is 0 Å². The second kappa shape index (κ2) is 4.98. The Labute approximate surface area is 135 Å². The highest BCUT2D eigenvalue weighted by Crippen LogP contribution is 2.27. The molecule has 0 saturated heterocycles. The maximum Gasteiger partial charge on any atom is 0.260 e. The third-order valence-corrected chi connectivity index (χ3v) is 4.58. The van der Waals surface area contributed by atoms with Crippen LogP contribution < -0.4 is 5.73 Å². The maximum atomic E-state index is 11.0. The number of benzene rings is 1. The van der Waals surface area contributed by atoms with Gasteiger partial charge < -0.3 is 10.3 Å². The molecule has 0 atom stereocenters. The van der Waals surface area contributed by atoms with Gasteiger partial charge in [0.25, 0.3) is 5.78 Å². The van der Waals surface area contributed by atoms with E-state index in [4.69, 9.17) is 5.73 Å². The first-order chi connectivity index (χ1) is 11.1. The first-order valence-electron chi connectivity index (χ1n) is 7.22. The summed E-state index contributed by atoms with van der Waals surface area (Å²) in [5, 5.41) is 13.6. The summed E-state index contributed by atoms with van der Waals surface area (Å²) in [6.45, 7) is 4.23. The molecule has 1 aromatic carbocycles. The van der Waals surface area contributed by atoms with Crippen molar-refractivity contribution in [2.24, 2.45) is 5.73 Å². The molecule has 23 heavy (non-hydrogen) atoms. The molecule has 0 aliphatic carbocycles. The van der Waals surface area contributed by atoms with Crippen LogP contribution in [-0.4, -0.2) is 40.4 Å². The fraction of sp³-hybridized carbons (Fsp3) is 0.286. The quantitative estimate of drug-likeness (QED) is 0.572. The van der Waals surface area contributed by atoms with Gasteiger partial charge in [-0.1, -0.05) is 23.9 Å². The summed E-state index contributed by atoms with van der Waals surface area (Å²) in [4.78, 5) is 11.0. The highest BCUT2D eigenvalue weighted by Gasteiger charge is 2.21. The van der Waals surface area contributed by atoms with Crippen LogP contribution in [0.5, 0.6) is 0 Å². The van der Waals surface area contributed by atoms with E-state index in [0.717, 1.165) is 16.8 Å². The number of fused-ring (bicyclic) bond motifs is 5. The minimum absolute atomic E-state index is 0.146. The van der Waals surface area contributed by atoms with Crippen molar-refractivity contribution in [2.45, 2.75) is 25.0 Å². The lowest BCUT2D eigenvalue weighted by Gasteiger charge is -2.08. The predicted octanol–water partition coefficient (Wildman–Crippen LogP) is 1.49. The Morgan fingerprint density at radius 3 is 2.65 bits per heavy atom. The van der Waals surface area contributed by atoms with Crippen molar-refractivity contribution in [3.63, 3.8) is 0 Å². The molecule has 8 nitrogen and oxygen atoms in total. The molecule has 0 saturated carbocycles. The van der Waals surface area contributed by atoms with E-state index in [2.05, 4.69) is 39.8 Å². The number of hydrogen-bond acceptors (Lipinski definition) is 5. The third-order valence-electron chi connectivity index (χ3n) is 3.64. The third kappa shape index (κ3) is 2.00. The van der Waals surface area contributed by atoms with Crippen LogP contribution in [0.25, 0.3) is 22.6 Å². The molecule has 1 amide bonds. The summed E-state index contributed by atoms with van der Waals surface area (Å²) in [5.74, 6) is 1.18. The van der Waals surface area contributed by atoms with Crippen molar-refractivity contribution in [1.82, 2.24) is 28.8 Å². The molecule has 0 bridgehead atoms. The molecule has 0 fully saturated rings. The molecule has 4 aromatic rings. The van der Waals surface area contributed by atoms with Gasteiger partial charge in [-0.25, -0.2) is 4.40 Å². The summed E-state index contributed by atoms with van der Waals surface area (Å²) < 4.78 is 5.80. The van der Waals surface area contributed by atoms with E-state index in [1.54, 1.807) is 4.52 Å². The van der Waals surface area contributed by atoms with Crippen molar-refractivity contribution in [3.05, 3.63) is 24.3 Å². The number of rotatable bonds is 4. The highest BCUT2D eigenvalue weighted by atomic mass is 32.2. The second-order valence-electron chi connectivity index (χ2n) is 5.54. The monoisotopic (exact) mass is 329 g/mol. The Kier molecular flexibility index (Phi) is 3.05. The Balaban J connectivity index is 2.02. The van der Waals surface area contributed by atoms with Crippen LogP contribution in [0.15, 0.2) is 29.4 Å². The Bertz CT molecular complexity index is 1040. The van der Waals surface area contributed by atoms with E-state index in [1.165, 1.54) is 11.8 Å². The number of amides is 1. The van der Waals surface area contributed by atoms with E-state index in [9.17, 15) is 4.79 Å². The van der Waals surface area contributed by atoms with Crippen LogP contribution >= 0.6 is 11.8 Å². The van der Waals surface area contributed by atoms with Gasteiger partial charge in [-0.2, -0.15) is 4.52 Å². The summed E-state index contributed by atoms with van der Waals surface area (Å²) in [7, 11) is 0. The van der Waals surface area contributed by atoms with Crippen molar-refractivity contribution < 1.29 is 4.79 Å². The highest BCUT2D eigenvalue weighted by molar-refractivity contribution is 7.99. The van der Waals surface area contributed by atoms with Gasteiger partial charge in [0, 0.05) is 6.04 Å². The summed E-state index contributed by atoms with van der Waals surface area (Å²) in [6, 6.07) is 8.35. The number of imidazole rings is 1. The molecule has 0 aliphatic heterocycles. The number of nitrogens with two attached hydrogens (primary N) is 1. The standard InChI is InChI=1S/C14H15N7OS/c1-8(2)19-9-5-3-4-6-10(9)20-12-16-17-14(23-7-11(15)22)21(12)18-13(19)20/h3-6,8H,7H2,1-2H3,(H2,15,22). The molecular formula is C14H15N7OS. The van der Waals surface area contributed by atoms with Gasteiger partial charge in [0.1, 0.15) is 0 Å². The molecule has 3 heterocycles. The average Bonchev–Trinajstić information content (AvgIpc) is 3.12. The lowest BCUT2D eigenvalue weighted by atomic mass is 10.3. The van der Waals surface area contributed by atoms with Crippen LogP contribution in [0, 0.1) is 0 Å². The lowest BCUT2D eigenvalue weighted by Crippen LogP contribution is -2.13. The number of thioether (sulfide) groups is 1. The summed E-state index contributed by atoms with van der Waals surface area (Å²) in [5.41, 5.74) is 7.32. The van der Waals surface area contributed by atoms with Crippen molar-refractivity contribution >= 4 is 40.3 Å². The first-order valence-corrected chi connectivity index (χ1v) is 8.20. The maximum absolute atomic E-state index is 11.0. The molecule has 0 aliphatic rings. The zero-order chi connectivity index (χ0) is 16.1. The Hall–Kier alpha value is -2.55. The van der Waals surface area contributed by atoms with E-state index in [-0.39, 0.29) is 11.8 Å². The number of carbonyl (C=O) groups excluding carboxylic acids is 1. The number of carbonyl (C=O) groups is 1. The number of primary amides is 1. The molecule has 0 radical (unpaired) electrons. The number of para-hydroxylation sites is 2. The smallest absolute Gasteiger partial charge is 0.260 e. The minimum atomic E-state index is -0.396. The fourth-order valence-electron chi connectivity index (χ4n) is 2.78. The molecule has 118 valence electrons. The molecule has 0 spiro atoms. The zero-order valence-electron chi connectivity index (χ0n) is 12.7. The van der Waals surface area contributed by atoms with Gasteiger partial charge >= 0.3 is 0 Å². The molecule has 2 N–H and O–H groups in total. The summed E-state index contributed by atoms with van der Waals surface area (Å²) >= 11 is 1.23. The van der Waals surface area contributed by atoms with Crippen LogP contribution in [0.3, 0.4) is 0 Å². The number of nitrogens with zero attached hydrogens (tertiary/aromatic N) is 6. The largest absolute Gasteiger partial charge is 0.369 e. The van der Waals surface area contributed by atoms with Crippen LogP contribution in [0.1, 0.15) is 19.9 Å². The Morgan fingerprint density at radius 1 is 1.22 bits per heavy atom. The van der Waals surface area contributed by atoms with Crippen molar-refractivity contribution in [3.8, 4) is 0 Å². The lowest BCUT2D eigenvalue weighted by molar-refractivity contribution is -0.115. The second-order valence-corrected chi connectivity index (χ2v) is 6.48. The minimum Gasteiger partial charge on any atom is -0.369 e. The predicted molar refractivity (Wildman–Crippen MR) is 87.5 cm³/mol. The topological polar surface area (TPSA) is 95.5 Å². The average molecular weight is 329 g/mol. The van der Waals surface area contributed by atoms with Crippen LogP contribution in [0.4, 0.5) is 0 Å². The fourth-order valence-corrected chi connectivity index (χ4v) is 3.39. The van der Waals surface area contributed by atoms with Crippen LogP contribution in [0.2, 0.25) is 0 Å². The summed E-state index contributed by atoms with van der Waals surface area (Å²) in [6.07, 6.45) is 0. The van der Waals surface area contributed by atoms with Gasteiger partial charge in [0.05, 0.1) is 16.8 Å². The number of hydrogen-bond donors (Lipinski definition) is 1.